The molecular weight excluding hydrogens is 502 g/mol. The zero-order valence-electron chi connectivity index (χ0n) is 22.4. The summed E-state index contributed by atoms with van der Waals surface area (Å²) in [4.78, 5) is 5.07. The SMILES string of the molecule is Cc1ccc(S(=O)(=O)N(C=C2CN(Cc3ccccc3)CN(Cc3ccccc3)C2)Cc2ccccc2)cc1. The number of hydrogen-bond donors (Lipinski definition) is 0. The first-order valence-corrected chi connectivity index (χ1v) is 14.7. The Morgan fingerprint density at radius 2 is 1.13 bits per heavy atom. The van der Waals surface area contributed by atoms with Crippen LogP contribution in [0.5, 0.6) is 0 Å². The van der Waals surface area contributed by atoms with E-state index in [0.29, 0.717) is 18.0 Å². The second-order valence-corrected chi connectivity index (χ2v) is 12.1. The maximum Gasteiger partial charge on any atom is 0.264 e. The molecule has 1 fully saturated rings. The molecule has 0 spiro atoms. The molecule has 0 bridgehead atoms. The first-order chi connectivity index (χ1) is 19.0. The summed E-state index contributed by atoms with van der Waals surface area (Å²) in [6, 6.07) is 37.8. The van der Waals surface area contributed by atoms with Crippen molar-refractivity contribution in [2.75, 3.05) is 19.8 Å². The van der Waals surface area contributed by atoms with Gasteiger partial charge in [-0.3, -0.25) is 14.1 Å². The van der Waals surface area contributed by atoms with E-state index in [9.17, 15) is 8.42 Å². The van der Waals surface area contributed by atoms with Crippen LogP contribution in [-0.2, 0) is 29.7 Å². The topological polar surface area (TPSA) is 43.9 Å². The highest BCUT2D eigenvalue weighted by Crippen LogP contribution is 2.23. The van der Waals surface area contributed by atoms with E-state index >= 15 is 0 Å². The molecule has 200 valence electrons. The molecule has 0 aliphatic carbocycles. The lowest BCUT2D eigenvalue weighted by Gasteiger charge is -2.38. The van der Waals surface area contributed by atoms with Crippen LogP contribution in [0, 0.1) is 6.92 Å². The summed E-state index contributed by atoms with van der Waals surface area (Å²) < 4.78 is 29.4. The van der Waals surface area contributed by atoms with Crippen molar-refractivity contribution in [1.82, 2.24) is 14.1 Å². The van der Waals surface area contributed by atoms with Crippen molar-refractivity contribution >= 4 is 10.0 Å². The van der Waals surface area contributed by atoms with E-state index in [0.717, 1.165) is 36.5 Å². The average Bonchev–Trinajstić information content (AvgIpc) is 2.94. The molecule has 39 heavy (non-hydrogen) atoms. The monoisotopic (exact) mass is 537 g/mol. The molecule has 1 saturated heterocycles. The van der Waals surface area contributed by atoms with Crippen LogP contribution in [0.2, 0.25) is 0 Å². The maximum atomic E-state index is 13.9. The van der Waals surface area contributed by atoms with Crippen molar-refractivity contribution < 1.29 is 8.42 Å². The first-order valence-electron chi connectivity index (χ1n) is 13.3. The third kappa shape index (κ3) is 7.24. The molecule has 6 heteroatoms. The van der Waals surface area contributed by atoms with Gasteiger partial charge < -0.3 is 0 Å². The normalized spacial score (nSPS) is 14.7. The second-order valence-electron chi connectivity index (χ2n) is 10.2. The summed E-state index contributed by atoms with van der Waals surface area (Å²) in [6.45, 7) is 6.05. The summed E-state index contributed by atoms with van der Waals surface area (Å²) in [5.41, 5.74) is 5.53. The Balaban J connectivity index is 1.48. The highest BCUT2D eigenvalue weighted by atomic mass is 32.2. The summed E-state index contributed by atoms with van der Waals surface area (Å²) >= 11 is 0. The summed E-state index contributed by atoms with van der Waals surface area (Å²) in [7, 11) is -3.75. The maximum absolute atomic E-state index is 13.9. The second kappa shape index (κ2) is 12.4. The van der Waals surface area contributed by atoms with Gasteiger partial charge in [-0.1, -0.05) is 109 Å². The van der Waals surface area contributed by atoms with Crippen molar-refractivity contribution in [3.8, 4) is 0 Å². The zero-order valence-corrected chi connectivity index (χ0v) is 23.2. The fourth-order valence-electron chi connectivity index (χ4n) is 5.00. The molecule has 0 unspecified atom stereocenters. The Morgan fingerprint density at radius 3 is 1.62 bits per heavy atom. The van der Waals surface area contributed by atoms with E-state index in [1.807, 2.05) is 67.7 Å². The van der Waals surface area contributed by atoms with Gasteiger partial charge in [-0.15, -0.1) is 0 Å². The molecule has 0 radical (unpaired) electrons. The highest BCUT2D eigenvalue weighted by Gasteiger charge is 2.26. The first kappa shape index (κ1) is 26.9. The third-order valence-electron chi connectivity index (χ3n) is 6.89. The van der Waals surface area contributed by atoms with Crippen molar-refractivity contribution in [3.63, 3.8) is 0 Å². The number of aryl methyl sites for hydroxylation is 1. The molecule has 0 saturated carbocycles. The van der Waals surface area contributed by atoms with Crippen molar-refractivity contribution in [2.45, 2.75) is 31.5 Å². The van der Waals surface area contributed by atoms with E-state index in [1.165, 1.54) is 15.4 Å². The minimum Gasteiger partial charge on any atom is -0.282 e. The molecule has 5 nitrogen and oxygen atoms in total. The lowest BCUT2D eigenvalue weighted by Crippen LogP contribution is -2.45. The third-order valence-corrected chi connectivity index (χ3v) is 8.61. The zero-order chi connectivity index (χ0) is 27.1. The van der Waals surface area contributed by atoms with E-state index in [2.05, 4.69) is 58.3 Å². The van der Waals surface area contributed by atoms with E-state index in [4.69, 9.17) is 0 Å². The predicted octanol–water partition coefficient (Wildman–Crippen LogP) is 6.05. The predicted molar refractivity (Wildman–Crippen MR) is 157 cm³/mol. The van der Waals surface area contributed by atoms with Crippen molar-refractivity contribution in [1.29, 1.82) is 0 Å². The Hall–Kier alpha value is -3.71. The number of nitrogens with zero attached hydrogens (tertiary/aromatic N) is 3. The van der Waals surface area contributed by atoms with Gasteiger partial charge in [-0.05, 0) is 41.3 Å². The Morgan fingerprint density at radius 1 is 0.667 bits per heavy atom. The molecule has 0 atom stereocenters. The molecule has 4 aromatic rings. The smallest absolute Gasteiger partial charge is 0.264 e. The Labute approximate surface area is 232 Å². The minimum absolute atomic E-state index is 0.276. The minimum atomic E-state index is -3.75. The van der Waals surface area contributed by atoms with Crippen LogP contribution >= 0.6 is 0 Å². The molecule has 0 aromatic heterocycles. The largest absolute Gasteiger partial charge is 0.282 e. The van der Waals surface area contributed by atoms with E-state index in [-0.39, 0.29) is 6.54 Å². The van der Waals surface area contributed by atoms with E-state index < -0.39 is 10.0 Å². The molecule has 5 rings (SSSR count). The summed E-state index contributed by atoms with van der Waals surface area (Å²) in [5, 5.41) is 0. The van der Waals surface area contributed by atoms with Crippen LogP contribution in [-0.4, -0.2) is 42.3 Å². The van der Waals surface area contributed by atoms with Gasteiger partial charge in [0, 0.05) is 32.4 Å². The molecule has 1 heterocycles. The van der Waals surface area contributed by atoms with Gasteiger partial charge in [-0.2, -0.15) is 0 Å². The fraction of sp³-hybridized carbons (Fsp3) is 0.212. The summed E-state index contributed by atoms with van der Waals surface area (Å²) in [5.74, 6) is 0. The molecular formula is C33H35N3O2S. The number of sulfonamides is 1. The van der Waals surface area contributed by atoms with Crippen LogP contribution in [0.4, 0.5) is 0 Å². The number of benzene rings is 4. The summed E-state index contributed by atoms with van der Waals surface area (Å²) in [6.07, 6.45) is 1.87. The quantitative estimate of drug-likeness (QED) is 0.261. The van der Waals surface area contributed by atoms with Gasteiger partial charge in [-0.25, -0.2) is 8.42 Å². The number of hydrogen-bond acceptors (Lipinski definition) is 4. The standard InChI is InChI=1S/C33H35N3O2S/c1-28-17-19-33(20-18-28)39(37,38)36(25-31-15-9-4-10-16-31)26-32-23-34(21-29-11-5-2-6-12-29)27-35(24-32)22-30-13-7-3-8-14-30/h2-20,26H,21-25,27H2,1H3. The van der Waals surface area contributed by atoms with Crippen LogP contribution in [0.25, 0.3) is 0 Å². The molecule has 0 amide bonds. The van der Waals surface area contributed by atoms with Crippen LogP contribution in [0.3, 0.4) is 0 Å². The van der Waals surface area contributed by atoms with Gasteiger partial charge in [0.15, 0.2) is 0 Å². The van der Waals surface area contributed by atoms with Crippen LogP contribution < -0.4 is 0 Å². The van der Waals surface area contributed by atoms with Gasteiger partial charge in [0.1, 0.15) is 0 Å². The van der Waals surface area contributed by atoms with Gasteiger partial charge in [0.05, 0.1) is 18.1 Å². The van der Waals surface area contributed by atoms with Crippen LogP contribution in [0.15, 0.2) is 132 Å². The highest BCUT2D eigenvalue weighted by molar-refractivity contribution is 7.89. The Kier molecular flexibility index (Phi) is 8.57. The molecule has 0 N–H and O–H groups in total. The fourth-order valence-corrected chi connectivity index (χ4v) is 6.35. The van der Waals surface area contributed by atoms with E-state index in [1.54, 1.807) is 12.1 Å². The van der Waals surface area contributed by atoms with Gasteiger partial charge in [0.25, 0.3) is 10.0 Å². The lowest BCUT2D eigenvalue weighted by atomic mass is 10.1. The molecule has 4 aromatic carbocycles. The lowest BCUT2D eigenvalue weighted by molar-refractivity contribution is 0.104. The molecule has 1 aliphatic heterocycles. The van der Waals surface area contributed by atoms with Gasteiger partial charge in [0.2, 0.25) is 0 Å². The van der Waals surface area contributed by atoms with Gasteiger partial charge >= 0.3 is 0 Å². The van der Waals surface area contributed by atoms with Crippen molar-refractivity contribution in [3.05, 3.63) is 149 Å². The van der Waals surface area contributed by atoms with Crippen LogP contribution in [0.1, 0.15) is 22.3 Å². The Bertz CT molecular complexity index is 1420. The number of rotatable bonds is 9. The average molecular weight is 538 g/mol. The molecule has 1 aliphatic rings. The van der Waals surface area contributed by atoms with Crippen molar-refractivity contribution in [2.24, 2.45) is 0 Å².